The van der Waals surface area contributed by atoms with Crippen molar-refractivity contribution in [3.63, 3.8) is 0 Å². The minimum atomic E-state index is -1.00. The maximum absolute atomic E-state index is 10.6. The second-order valence-electron chi connectivity index (χ2n) is 4.62. The molecule has 0 unspecified atom stereocenters. The molecule has 0 spiro atoms. The Morgan fingerprint density at radius 3 is 2.70 bits per heavy atom. The molecule has 0 saturated carbocycles. The Morgan fingerprint density at radius 1 is 1.26 bits per heavy atom. The third-order valence-corrected chi connectivity index (χ3v) is 4.02. The van der Waals surface area contributed by atoms with Crippen molar-refractivity contribution < 1.29 is 19.4 Å². The van der Waals surface area contributed by atoms with Gasteiger partial charge in [-0.3, -0.25) is 0 Å². The van der Waals surface area contributed by atoms with Gasteiger partial charge in [0.25, 0.3) is 0 Å². The number of carbonyl (C=O) groups is 1. The van der Waals surface area contributed by atoms with Gasteiger partial charge in [0.05, 0.1) is 11.6 Å². The topological polar surface area (TPSA) is 55.8 Å². The van der Waals surface area contributed by atoms with Gasteiger partial charge in [0.15, 0.2) is 11.5 Å². The minimum absolute atomic E-state index is 0.388. The van der Waals surface area contributed by atoms with E-state index in [4.69, 9.17) is 14.6 Å². The smallest absolute Gasteiger partial charge is 0.328 e. The van der Waals surface area contributed by atoms with Gasteiger partial charge in [-0.25, -0.2) is 4.79 Å². The van der Waals surface area contributed by atoms with E-state index in [0.29, 0.717) is 28.1 Å². The summed E-state index contributed by atoms with van der Waals surface area (Å²) in [5.74, 6) is 0.0921. The van der Waals surface area contributed by atoms with Crippen molar-refractivity contribution in [2.45, 2.75) is 6.61 Å². The molecule has 0 atom stereocenters. The quantitative estimate of drug-likeness (QED) is 0.648. The van der Waals surface area contributed by atoms with Crippen LogP contribution in [0.3, 0.4) is 0 Å². The van der Waals surface area contributed by atoms with E-state index >= 15 is 0 Å². The molecule has 1 N–H and O–H groups in total. The Morgan fingerprint density at radius 2 is 2.04 bits per heavy atom. The van der Waals surface area contributed by atoms with E-state index in [1.165, 1.54) is 6.08 Å². The standard InChI is InChI=1S/C17H14Br2O4/c1-22-15-9-11(5-6-16(20)21)8-14(19)17(15)23-10-12-3-2-4-13(18)7-12/h2-9H,10H2,1H3,(H,20,21). The normalized spacial score (nSPS) is 10.7. The lowest BCUT2D eigenvalue weighted by Gasteiger charge is -2.13. The van der Waals surface area contributed by atoms with Crippen LogP contribution in [0.1, 0.15) is 11.1 Å². The summed E-state index contributed by atoms with van der Waals surface area (Å²) in [6.07, 6.45) is 2.57. The highest BCUT2D eigenvalue weighted by Crippen LogP contribution is 2.37. The Hall–Kier alpha value is -1.79. The molecule has 2 aromatic carbocycles. The van der Waals surface area contributed by atoms with E-state index in [1.54, 1.807) is 19.2 Å². The highest BCUT2D eigenvalue weighted by Gasteiger charge is 2.11. The van der Waals surface area contributed by atoms with Gasteiger partial charge in [-0.2, -0.15) is 0 Å². The number of hydrogen-bond acceptors (Lipinski definition) is 3. The molecular formula is C17H14Br2O4. The number of ether oxygens (including phenoxy) is 2. The summed E-state index contributed by atoms with van der Waals surface area (Å²) in [6, 6.07) is 11.3. The van der Waals surface area contributed by atoms with Crippen molar-refractivity contribution >= 4 is 43.9 Å². The zero-order valence-electron chi connectivity index (χ0n) is 12.3. The van der Waals surface area contributed by atoms with Crippen molar-refractivity contribution in [2.24, 2.45) is 0 Å². The van der Waals surface area contributed by atoms with Crippen molar-refractivity contribution in [2.75, 3.05) is 7.11 Å². The third kappa shape index (κ3) is 5.11. The summed E-state index contributed by atoms with van der Waals surface area (Å²) in [5.41, 5.74) is 1.72. The minimum Gasteiger partial charge on any atom is -0.493 e. The molecule has 0 aliphatic carbocycles. The van der Waals surface area contributed by atoms with Crippen LogP contribution in [0.2, 0.25) is 0 Å². The van der Waals surface area contributed by atoms with Crippen LogP contribution in [0.4, 0.5) is 0 Å². The van der Waals surface area contributed by atoms with Crippen molar-refractivity contribution in [1.29, 1.82) is 0 Å². The Kier molecular flexibility index (Phi) is 6.24. The maximum Gasteiger partial charge on any atom is 0.328 e. The molecule has 4 nitrogen and oxygen atoms in total. The second-order valence-corrected chi connectivity index (χ2v) is 6.39. The number of rotatable bonds is 6. The van der Waals surface area contributed by atoms with Crippen molar-refractivity contribution in [3.05, 3.63) is 62.5 Å². The molecule has 0 aromatic heterocycles. The average Bonchev–Trinajstić information content (AvgIpc) is 2.51. The van der Waals surface area contributed by atoms with Gasteiger partial charge in [0.1, 0.15) is 6.61 Å². The highest BCUT2D eigenvalue weighted by atomic mass is 79.9. The lowest BCUT2D eigenvalue weighted by atomic mass is 10.2. The number of benzene rings is 2. The van der Waals surface area contributed by atoms with E-state index in [0.717, 1.165) is 16.1 Å². The molecule has 0 radical (unpaired) electrons. The predicted octanol–water partition coefficient (Wildman–Crippen LogP) is 4.90. The number of halogens is 2. The maximum atomic E-state index is 10.6. The Labute approximate surface area is 151 Å². The lowest BCUT2D eigenvalue weighted by Crippen LogP contribution is -1.99. The number of carboxylic acids is 1. The SMILES string of the molecule is COc1cc(C=CC(=O)O)cc(Br)c1OCc1cccc(Br)c1. The molecule has 0 bridgehead atoms. The summed E-state index contributed by atoms with van der Waals surface area (Å²) in [5, 5.41) is 8.70. The molecule has 0 amide bonds. The van der Waals surface area contributed by atoms with Crippen LogP contribution in [-0.2, 0) is 11.4 Å². The largest absolute Gasteiger partial charge is 0.493 e. The Bertz CT molecular complexity index is 741. The van der Waals surface area contributed by atoms with Crippen LogP contribution in [-0.4, -0.2) is 18.2 Å². The molecule has 0 heterocycles. The number of methoxy groups -OCH3 is 1. The number of carboxylic acid groups (broad SMARTS) is 1. The van der Waals surface area contributed by atoms with Gasteiger partial charge in [-0.05, 0) is 57.4 Å². The zero-order valence-corrected chi connectivity index (χ0v) is 15.4. The summed E-state index contributed by atoms with van der Waals surface area (Å²) < 4.78 is 12.9. The van der Waals surface area contributed by atoms with E-state index in [-0.39, 0.29) is 0 Å². The zero-order chi connectivity index (χ0) is 16.8. The first-order valence-corrected chi connectivity index (χ1v) is 8.24. The van der Waals surface area contributed by atoms with Crippen LogP contribution >= 0.6 is 31.9 Å². The van der Waals surface area contributed by atoms with E-state index < -0.39 is 5.97 Å². The number of aliphatic carboxylic acids is 1. The van der Waals surface area contributed by atoms with Crippen LogP contribution in [0.25, 0.3) is 6.08 Å². The molecule has 120 valence electrons. The molecule has 2 aromatic rings. The number of hydrogen-bond donors (Lipinski definition) is 1. The fourth-order valence-corrected chi connectivity index (χ4v) is 2.95. The Balaban J connectivity index is 2.22. The van der Waals surface area contributed by atoms with E-state index in [9.17, 15) is 4.79 Å². The predicted molar refractivity (Wildman–Crippen MR) is 95.8 cm³/mol. The van der Waals surface area contributed by atoms with E-state index in [1.807, 2.05) is 24.3 Å². The van der Waals surface area contributed by atoms with E-state index in [2.05, 4.69) is 31.9 Å². The monoisotopic (exact) mass is 440 g/mol. The first kappa shape index (κ1) is 17.6. The van der Waals surface area contributed by atoms with Gasteiger partial charge >= 0.3 is 5.97 Å². The van der Waals surface area contributed by atoms with Gasteiger partial charge in [0.2, 0.25) is 0 Å². The van der Waals surface area contributed by atoms with Gasteiger partial charge < -0.3 is 14.6 Å². The molecule has 23 heavy (non-hydrogen) atoms. The lowest BCUT2D eigenvalue weighted by molar-refractivity contribution is -0.131. The highest BCUT2D eigenvalue weighted by molar-refractivity contribution is 9.10. The van der Waals surface area contributed by atoms with Crippen LogP contribution in [0.15, 0.2) is 51.4 Å². The second kappa shape index (κ2) is 8.17. The van der Waals surface area contributed by atoms with Crippen molar-refractivity contribution in [3.8, 4) is 11.5 Å². The van der Waals surface area contributed by atoms with Crippen LogP contribution in [0, 0.1) is 0 Å². The van der Waals surface area contributed by atoms with Gasteiger partial charge in [0, 0.05) is 10.5 Å². The summed E-state index contributed by atoms with van der Waals surface area (Å²) in [4.78, 5) is 10.6. The van der Waals surface area contributed by atoms with Crippen molar-refractivity contribution in [1.82, 2.24) is 0 Å². The first-order valence-electron chi connectivity index (χ1n) is 6.65. The molecular weight excluding hydrogens is 428 g/mol. The summed E-state index contributed by atoms with van der Waals surface area (Å²) in [7, 11) is 1.54. The molecule has 0 aliphatic rings. The summed E-state index contributed by atoms with van der Waals surface area (Å²) in [6.45, 7) is 0.388. The summed E-state index contributed by atoms with van der Waals surface area (Å²) >= 11 is 6.86. The first-order chi connectivity index (χ1) is 11.0. The van der Waals surface area contributed by atoms with Crippen LogP contribution in [0.5, 0.6) is 11.5 Å². The van der Waals surface area contributed by atoms with Gasteiger partial charge in [-0.15, -0.1) is 0 Å². The molecule has 0 saturated heterocycles. The molecule has 2 rings (SSSR count). The molecule has 6 heteroatoms. The van der Waals surface area contributed by atoms with Crippen LogP contribution < -0.4 is 9.47 Å². The fraction of sp³-hybridized carbons (Fsp3) is 0.118. The van der Waals surface area contributed by atoms with Gasteiger partial charge in [-0.1, -0.05) is 28.1 Å². The molecule has 0 fully saturated rings. The molecule has 0 aliphatic heterocycles. The third-order valence-electron chi connectivity index (χ3n) is 2.94. The fourth-order valence-electron chi connectivity index (χ4n) is 1.93. The average molecular weight is 442 g/mol.